The number of ether oxygens (including phenoxy) is 2. The Balaban J connectivity index is 2.59. The van der Waals surface area contributed by atoms with Crippen molar-refractivity contribution in [3.63, 3.8) is 0 Å². The van der Waals surface area contributed by atoms with E-state index in [1.807, 2.05) is 0 Å². The van der Waals surface area contributed by atoms with E-state index in [2.05, 4.69) is 4.72 Å². The molecule has 0 atom stereocenters. The number of methoxy groups -OCH3 is 1. The summed E-state index contributed by atoms with van der Waals surface area (Å²) in [5.41, 5.74) is -0.316. The number of halogens is 1. The topological polar surface area (TPSA) is 88.4 Å². The summed E-state index contributed by atoms with van der Waals surface area (Å²) in [7, 11) is -2.25. The lowest BCUT2D eigenvalue weighted by Crippen LogP contribution is -2.28. The molecular weight excluding hydrogens is 287 g/mol. The molecule has 0 bridgehead atoms. The molecule has 1 aromatic rings. The van der Waals surface area contributed by atoms with E-state index in [1.165, 1.54) is 7.11 Å². The molecule has 0 aliphatic carbocycles. The maximum Gasteiger partial charge on any atom is 0.240 e. The van der Waals surface area contributed by atoms with Crippen molar-refractivity contribution >= 4 is 10.0 Å². The summed E-state index contributed by atoms with van der Waals surface area (Å²) >= 11 is 0. The monoisotopic (exact) mass is 302 g/mol. The molecule has 0 heterocycles. The Morgan fingerprint density at radius 3 is 2.75 bits per heavy atom. The van der Waals surface area contributed by atoms with Crippen molar-refractivity contribution in [3.8, 4) is 6.07 Å². The molecule has 0 radical (unpaired) electrons. The summed E-state index contributed by atoms with van der Waals surface area (Å²) in [6.07, 6.45) is 0. The van der Waals surface area contributed by atoms with Crippen LogP contribution in [0.3, 0.4) is 0 Å². The zero-order valence-corrected chi connectivity index (χ0v) is 11.7. The molecule has 110 valence electrons. The van der Waals surface area contributed by atoms with E-state index >= 15 is 0 Å². The third kappa shape index (κ3) is 4.86. The van der Waals surface area contributed by atoms with Gasteiger partial charge in [-0.05, 0) is 18.2 Å². The minimum absolute atomic E-state index is 0.0747. The van der Waals surface area contributed by atoms with Crippen LogP contribution in [-0.4, -0.2) is 41.9 Å². The Hall–Kier alpha value is -1.53. The van der Waals surface area contributed by atoms with Gasteiger partial charge in [0.25, 0.3) is 0 Å². The predicted molar refractivity (Wildman–Crippen MR) is 69.0 cm³/mol. The van der Waals surface area contributed by atoms with E-state index in [0.29, 0.717) is 13.2 Å². The van der Waals surface area contributed by atoms with Crippen LogP contribution in [0.4, 0.5) is 4.39 Å². The van der Waals surface area contributed by atoms with Crippen molar-refractivity contribution in [2.75, 3.05) is 33.5 Å². The number of rotatable bonds is 8. The van der Waals surface area contributed by atoms with Crippen LogP contribution in [0, 0.1) is 17.1 Å². The molecule has 0 aliphatic rings. The van der Waals surface area contributed by atoms with E-state index in [-0.39, 0.29) is 23.6 Å². The van der Waals surface area contributed by atoms with Gasteiger partial charge in [-0.2, -0.15) is 5.26 Å². The first-order valence-corrected chi connectivity index (χ1v) is 7.25. The van der Waals surface area contributed by atoms with Crippen molar-refractivity contribution in [2.24, 2.45) is 0 Å². The van der Waals surface area contributed by atoms with Gasteiger partial charge in [0.2, 0.25) is 10.0 Å². The SMILES string of the molecule is COCCOCCNS(=O)(=O)c1ccc(F)c(C#N)c1. The number of hydrogen-bond acceptors (Lipinski definition) is 5. The van der Waals surface area contributed by atoms with E-state index in [4.69, 9.17) is 14.7 Å². The number of hydrogen-bond donors (Lipinski definition) is 1. The van der Waals surface area contributed by atoms with E-state index < -0.39 is 15.8 Å². The van der Waals surface area contributed by atoms with Gasteiger partial charge >= 0.3 is 0 Å². The largest absolute Gasteiger partial charge is 0.382 e. The van der Waals surface area contributed by atoms with Gasteiger partial charge in [-0.3, -0.25) is 0 Å². The Morgan fingerprint density at radius 2 is 2.10 bits per heavy atom. The number of sulfonamides is 1. The van der Waals surface area contributed by atoms with Crippen LogP contribution in [0.25, 0.3) is 0 Å². The second-order valence-corrected chi connectivity index (χ2v) is 5.52. The Labute approximate surface area is 117 Å². The second-order valence-electron chi connectivity index (χ2n) is 3.76. The zero-order chi connectivity index (χ0) is 15.0. The number of benzene rings is 1. The Bertz CT molecular complexity index is 584. The van der Waals surface area contributed by atoms with E-state index in [9.17, 15) is 12.8 Å². The minimum Gasteiger partial charge on any atom is -0.382 e. The van der Waals surface area contributed by atoms with Gasteiger partial charge in [-0.15, -0.1) is 0 Å². The van der Waals surface area contributed by atoms with Crippen LogP contribution in [-0.2, 0) is 19.5 Å². The highest BCUT2D eigenvalue weighted by molar-refractivity contribution is 7.89. The standard InChI is InChI=1S/C12H15FN2O4S/c1-18-6-7-19-5-4-15-20(16,17)11-2-3-12(13)10(8-11)9-14/h2-3,8,15H,4-7H2,1H3. The molecular formula is C12H15FN2O4S. The lowest BCUT2D eigenvalue weighted by Gasteiger charge is -2.08. The minimum atomic E-state index is -3.78. The average molecular weight is 302 g/mol. The maximum atomic E-state index is 13.1. The Kier molecular flexibility index (Phi) is 6.54. The summed E-state index contributed by atoms with van der Waals surface area (Å²) in [5.74, 6) is -0.755. The Morgan fingerprint density at radius 1 is 1.35 bits per heavy atom. The van der Waals surface area contributed by atoms with Crippen LogP contribution in [0.2, 0.25) is 0 Å². The van der Waals surface area contributed by atoms with Crippen LogP contribution in [0.15, 0.2) is 23.1 Å². The summed E-state index contributed by atoms with van der Waals surface area (Å²) in [6, 6.07) is 4.63. The third-order valence-corrected chi connectivity index (χ3v) is 3.80. The fourth-order valence-electron chi connectivity index (χ4n) is 1.33. The summed E-state index contributed by atoms with van der Waals surface area (Å²) in [4.78, 5) is -0.160. The summed E-state index contributed by atoms with van der Waals surface area (Å²) < 4.78 is 49.0. The highest BCUT2D eigenvalue weighted by atomic mass is 32.2. The van der Waals surface area contributed by atoms with Crippen molar-refractivity contribution < 1.29 is 22.3 Å². The van der Waals surface area contributed by atoms with Crippen LogP contribution < -0.4 is 4.72 Å². The first-order valence-electron chi connectivity index (χ1n) is 5.77. The molecule has 8 heteroatoms. The van der Waals surface area contributed by atoms with Crippen molar-refractivity contribution in [1.82, 2.24) is 4.72 Å². The lowest BCUT2D eigenvalue weighted by molar-refractivity contribution is 0.0736. The van der Waals surface area contributed by atoms with Crippen LogP contribution in [0.5, 0.6) is 0 Å². The second kappa shape index (κ2) is 7.91. The van der Waals surface area contributed by atoms with Gasteiger partial charge in [0.15, 0.2) is 0 Å². The van der Waals surface area contributed by atoms with E-state index in [1.54, 1.807) is 6.07 Å². The molecule has 0 saturated heterocycles. The van der Waals surface area contributed by atoms with Gasteiger partial charge < -0.3 is 9.47 Å². The molecule has 1 aromatic carbocycles. The van der Waals surface area contributed by atoms with Gasteiger partial charge in [0.1, 0.15) is 11.9 Å². The van der Waals surface area contributed by atoms with E-state index in [0.717, 1.165) is 18.2 Å². The molecule has 0 aromatic heterocycles. The number of nitriles is 1. The first-order chi connectivity index (χ1) is 9.51. The molecule has 1 rings (SSSR count). The molecule has 0 spiro atoms. The maximum absolute atomic E-state index is 13.1. The van der Waals surface area contributed by atoms with Gasteiger partial charge in [0.05, 0.1) is 30.3 Å². The lowest BCUT2D eigenvalue weighted by atomic mass is 10.2. The third-order valence-electron chi connectivity index (χ3n) is 2.34. The molecule has 0 aliphatic heterocycles. The van der Waals surface area contributed by atoms with Gasteiger partial charge in [-0.25, -0.2) is 17.5 Å². The van der Waals surface area contributed by atoms with Crippen LogP contribution >= 0.6 is 0 Å². The quantitative estimate of drug-likeness (QED) is 0.712. The van der Waals surface area contributed by atoms with Crippen molar-refractivity contribution in [3.05, 3.63) is 29.6 Å². The molecule has 0 saturated carbocycles. The smallest absolute Gasteiger partial charge is 0.240 e. The van der Waals surface area contributed by atoms with Crippen molar-refractivity contribution in [1.29, 1.82) is 5.26 Å². The molecule has 1 N–H and O–H groups in total. The molecule has 0 fully saturated rings. The summed E-state index contributed by atoms with van der Waals surface area (Å²) in [6.45, 7) is 1.06. The van der Waals surface area contributed by atoms with Crippen molar-refractivity contribution in [2.45, 2.75) is 4.90 Å². The number of nitrogens with one attached hydrogen (secondary N) is 1. The first kappa shape index (κ1) is 16.5. The zero-order valence-electron chi connectivity index (χ0n) is 10.9. The highest BCUT2D eigenvalue weighted by Crippen LogP contribution is 2.14. The molecule has 20 heavy (non-hydrogen) atoms. The predicted octanol–water partition coefficient (Wildman–Crippen LogP) is 0.639. The summed E-state index contributed by atoms with van der Waals surface area (Å²) in [5, 5.41) is 8.67. The molecule has 0 amide bonds. The fraction of sp³-hybridized carbons (Fsp3) is 0.417. The van der Waals surface area contributed by atoms with Crippen LogP contribution in [0.1, 0.15) is 5.56 Å². The average Bonchev–Trinajstić information content (AvgIpc) is 2.43. The highest BCUT2D eigenvalue weighted by Gasteiger charge is 2.15. The normalized spacial score (nSPS) is 11.2. The van der Waals surface area contributed by atoms with Gasteiger partial charge in [0, 0.05) is 13.7 Å². The molecule has 0 unspecified atom stereocenters. The molecule has 6 nitrogen and oxygen atoms in total. The van der Waals surface area contributed by atoms with Gasteiger partial charge in [-0.1, -0.05) is 0 Å². The fourth-order valence-corrected chi connectivity index (χ4v) is 2.37. The number of nitrogens with zero attached hydrogens (tertiary/aromatic N) is 1.